The Bertz CT molecular complexity index is 104. The van der Waals surface area contributed by atoms with Crippen molar-refractivity contribution < 1.29 is 5.11 Å². The predicted octanol–water partition coefficient (Wildman–Crippen LogP) is 0.811. The van der Waals surface area contributed by atoms with E-state index in [0.29, 0.717) is 5.92 Å². The first-order valence-corrected chi connectivity index (χ1v) is 4.30. The molecule has 2 aliphatic rings. The van der Waals surface area contributed by atoms with Crippen molar-refractivity contribution >= 4 is 0 Å². The van der Waals surface area contributed by atoms with Gasteiger partial charge in [0, 0.05) is 13.1 Å². The summed E-state index contributed by atoms with van der Waals surface area (Å²) in [6, 6.07) is 0. The van der Waals surface area contributed by atoms with Gasteiger partial charge >= 0.3 is 0 Å². The van der Waals surface area contributed by atoms with Crippen molar-refractivity contribution in [3.8, 4) is 0 Å². The molecule has 2 fully saturated rings. The minimum atomic E-state index is -0.0949. The highest BCUT2D eigenvalue weighted by Gasteiger charge is 2.32. The molecule has 1 atom stereocenters. The lowest BCUT2D eigenvalue weighted by molar-refractivity contribution is -0.0902. The lowest BCUT2D eigenvalue weighted by Crippen LogP contribution is -2.48. The first-order valence-electron chi connectivity index (χ1n) is 4.30. The van der Waals surface area contributed by atoms with Crippen LogP contribution in [0, 0.1) is 5.92 Å². The monoisotopic (exact) mass is 141 g/mol. The van der Waals surface area contributed by atoms with Crippen molar-refractivity contribution in [2.45, 2.75) is 31.9 Å². The zero-order chi connectivity index (χ0) is 6.97. The van der Waals surface area contributed by atoms with Crippen LogP contribution in [0.4, 0.5) is 0 Å². The summed E-state index contributed by atoms with van der Waals surface area (Å²) in [7, 11) is 0. The second-order valence-corrected chi connectivity index (χ2v) is 3.49. The number of rotatable bonds is 0. The molecule has 0 spiro atoms. The van der Waals surface area contributed by atoms with Crippen LogP contribution in [0.1, 0.15) is 25.7 Å². The van der Waals surface area contributed by atoms with E-state index in [1.165, 1.54) is 25.7 Å². The molecule has 0 aliphatic carbocycles. The average molecular weight is 141 g/mol. The molecule has 2 bridgehead atoms. The van der Waals surface area contributed by atoms with Crippen molar-refractivity contribution in [2.75, 3.05) is 13.1 Å². The fraction of sp³-hybridized carbons (Fsp3) is 1.00. The lowest BCUT2D eigenvalue weighted by Gasteiger charge is -2.42. The Morgan fingerprint density at radius 1 is 1.10 bits per heavy atom. The number of hydrogen-bond acceptors (Lipinski definition) is 2. The molecule has 2 heteroatoms. The molecule has 0 aromatic heterocycles. The third-order valence-electron chi connectivity index (χ3n) is 2.84. The SMILES string of the molecule is OC1C2CCCN1CCC2. The third-order valence-corrected chi connectivity index (χ3v) is 2.84. The maximum absolute atomic E-state index is 9.61. The van der Waals surface area contributed by atoms with Gasteiger partial charge in [-0.2, -0.15) is 0 Å². The Labute approximate surface area is 61.8 Å². The van der Waals surface area contributed by atoms with E-state index in [-0.39, 0.29) is 6.23 Å². The molecule has 0 aromatic rings. The smallest absolute Gasteiger partial charge is 0.110 e. The first kappa shape index (κ1) is 6.62. The minimum absolute atomic E-state index is 0.0949. The van der Waals surface area contributed by atoms with Crippen LogP contribution in [-0.4, -0.2) is 29.3 Å². The Balaban J connectivity index is 2.05. The van der Waals surface area contributed by atoms with E-state index >= 15 is 0 Å². The van der Waals surface area contributed by atoms with E-state index in [2.05, 4.69) is 4.90 Å². The fourth-order valence-corrected chi connectivity index (χ4v) is 2.23. The van der Waals surface area contributed by atoms with E-state index in [4.69, 9.17) is 0 Å². The Morgan fingerprint density at radius 2 is 1.70 bits per heavy atom. The topological polar surface area (TPSA) is 23.5 Å². The van der Waals surface area contributed by atoms with Gasteiger partial charge < -0.3 is 5.11 Å². The van der Waals surface area contributed by atoms with Gasteiger partial charge in [-0.1, -0.05) is 0 Å². The van der Waals surface area contributed by atoms with Crippen LogP contribution in [0.5, 0.6) is 0 Å². The summed E-state index contributed by atoms with van der Waals surface area (Å²) < 4.78 is 0. The van der Waals surface area contributed by atoms with Crippen LogP contribution >= 0.6 is 0 Å². The summed E-state index contributed by atoms with van der Waals surface area (Å²) in [5.74, 6) is 0.600. The summed E-state index contributed by atoms with van der Waals surface area (Å²) in [5, 5.41) is 9.61. The van der Waals surface area contributed by atoms with Gasteiger partial charge in [0.1, 0.15) is 6.23 Å². The van der Waals surface area contributed by atoms with E-state index in [1.54, 1.807) is 0 Å². The third kappa shape index (κ3) is 0.956. The summed E-state index contributed by atoms with van der Waals surface area (Å²) in [6.45, 7) is 2.25. The lowest BCUT2D eigenvalue weighted by atomic mass is 9.88. The van der Waals surface area contributed by atoms with E-state index in [0.717, 1.165) is 13.1 Å². The number of aliphatic hydroxyl groups excluding tert-OH is 1. The molecule has 1 unspecified atom stereocenters. The zero-order valence-electron chi connectivity index (χ0n) is 6.29. The van der Waals surface area contributed by atoms with Crippen molar-refractivity contribution in [1.82, 2.24) is 4.90 Å². The molecular weight excluding hydrogens is 126 g/mol. The molecular formula is C8H15NO. The van der Waals surface area contributed by atoms with Crippen LogP contribution in [0.25, 0.3) is 0 Å². The van der Waals surface area contributed by atoms with Crippen LogP contribution < -0.4 is 0 Å². The summed E-state index contributed by atoms with van der Waals surface area (Å²) in [5.41, 5.74) is 0. The van der Waals surface area contributed by atoms with Gasteiger partial charge in [-0.3, -0.25) is 4.90 Å². The Kier molecular flexibility index (Phi) is 1.66. The summed E-state index contributed by atoms with van der Waals surface area (Å²) in [6.07, 6.45) is 4.99. The molecule has 0 amide bonds. The number of hydrogen-bond donors (Lipinski definition) is 1. The highest BCUT2D eigenvalue weighted by atomic mass is 16.3. The molecule has 2 rings (SSSR count). The first-order chi connectivity index (χ1) is 4.88. The maximum Gasteiger partial charge on any atom is 0.110 e. The average Bonchev–Trinajstić information content (AvgIpc) is 1.86. The molecule has 0 saturated carbocycles. The number of nitrogens with zero attached hydrogens (tertiary/aromatic N) is 1. The number of piperidine rings is 2. The maximum atomic E-state index is 9.61. The number of fused-ring (bicyclic) bond motifs is 2. The van der Waals surface area contributed by atoms with Gasteiger partial charge in [0.05, 0.1) is 0 Å². The van der Waals surface area contributed by atoms with Crippen LogP contribution in [0.2, 0.25) is 0 Å². The number of aliphatic hydroxyl groups is 1. The zero-order valence-corrected chi connectivity index (χ0v) is 6.29. The van der Waals surface area contributed by atoms with E-state index in [1.807, 2.05) is 0 Å². The van der Waals surface area contributed by atoms with Crippen molar-refractivity contribution in [2.24, 2.45) is 5.92 Å². The van der Waals surface area contributed by atoms with E-state index in [9.17, 15) is 5.11 Å². The molecule has 58 valence electrons. The van der Waals surface area contributed by atoms with Crippen LogP contribution in [0.3, 0.4) is 0 Å². The van der Waals surface area contributed by atoms with Crippen molar-refractivity contribution in [3.63, 3.8) is 0 Å². The molecule has 2 aliphatic heterocycles. The fourth-order valence-electron chi connectivity index (χ4n) is 2.23. The standard InChI is InChI=1S/C8H15NO/c10-8-7-3-1-5-9(8)6-2-4-7/h7-8,10H,1-6H2. The normalized spacial score (nSPS) is 47.1. The minimum Gasteiger partial charge on any atom is -0.378 e. The highest BCUT2D eigenvalue weighted by molar-refractivity contribution is 4.81. The van der Waals surface area contributed by atoms with Crippen molar-refractivity contribution in [1.29, 1.82) is 0 Å². The largest absolute Gasteiger partial charge is 0.378 e. The molecule has 2 saturated heterocycles. The molecule has 2 heterocycles. The quantitative estimate of drug-likeness (QED) is 0.539. The highest BCUT2D eigenvalue weighted by Crippen LogP contribution is 2.30. The van der Waals surface area contributed by atoms with Crippen molar-refractivity contribution in [3.05, 3.63) is 0 Å². The molecule has 0 aromatic carbocycles. The molecule has 1 N–H and O–H groups in total. The van der Waals surface area contributed by atoms with Crippen LogP contribution in [0.15, 0.2) is 0 Å². The van der Waals surface area contributed by atoms with Crippen LogP contribution in [-0.2, 0) is 0 Å². The van der Waals surface area contributed by atoms with E-state index < -0.39 is 0 Å². The Hall–Kier alpha value is -0.0800. The van der Waals surface area contributed by atoms with Gasteiger partial charge in [0.2, 0.25) is 0 Å². The molecule has 10 heavy (non-hydrogen) atoms. The van der Waals surface area contributed by atoms with Gasteiger partial charge in [-0.25, -0.2) is 0 Å². The van der Waals surface area contributed by atoms with Gasteiger partial charge in [-0.15, -0.1) is 0 Å². The molecule has 2 nitrogen and oxygen atoms in total. The van der Waals surface area contributed by atoms with Gasteiger partial charge in [0.25, 0.3) is 0 Å². The molecule has 0 radical (unpaired) electrons. The second-order valence-electron chi connectivity index (χ2n) is 3.49. The summed E-state index contributed by atoms with van der Waals surface area (Å²) >= 11 is 0. The van der Waals surface area contributed by atoms with Gasteiger partial charge in [0.15, 0.2) is 0 Å². The van der Waals surface area contributed by atoms with Gasteiger partial charge in [-0.05, 0) is 31.6 Å². The Morgan fingerprint density at radius 3 is 2.10 bits per heavy atom. The summed E-state index contributed by atoms with van der Waals surface area (Å²) in [4.78, 5) is 2.22. The predicted molar refractivity (Wildman–Crippen MR) is 39.5 cm³/mol. The second kappa shape index (κ2) is 2.51.